The lowest BCUT2D eigenvalue weighted by molar-refractivity contribution is -0.122. The number of hydrogen-bond acceptors (Lipinski definition) is 5. The van der Waals surface area contributed by atoms with Crippen LogP contribution in [0.3, 0.4) is 0 Å². The second-order valence-electron chi connectivity index (χ2n) is 4.22. The molecule has 7 heteroatoms. The van der Waals surface area contributed by atoms with E-state index in [9.17, 15) is 19.2 Å². The third kappa shape index (κ3) is 1.67. The number of anilines is 1. The number of para-hydroxylation sites is 1. The van der Waals surface area contributed by atoms with Gasteiger partial charge in [0, 0.05) is 12.5 Å². The average molecular weight is 288 g/mol. The Labute approximate surface area is 117 Å². The first-order chi connectivity index (χ1) is 9.50. The van der Waals surface area contributed by atoms with Crippen LogP contribution in [0.1, 0.15) is 12.5 Å². The van der Waals surface area contributed by atoms with Gasteiger partial charge in [-0.1, -0.05) is 18.2 Å². The highest BCUT2D eigenvalue weighted by molar-refractivity contribution is 8.18. The van der Waals surface area contributed by atoms with Crippen molar-refractivity contribution in [1.29, 1.82) is 0 Å². The van der Waals surface area contributed by atoms with E-state index in [1.807, 2.05) is 0 Å². The lowest BCUT2D eigenvalue weighted by atomic mass is 10.1. The molecule has 1 fully saturated rings. The molecular weight excluding hydrogens is 280 g/mol. The van der Waals surface area contributed by atoms with Gasteiger partial charge in [-0.15, -0.1) is 0 Å². The van der Waals surface area contributed by atoms with Gasteiger partial charge in [0.05, 0.1) is 16.2 Å². The van der Waals surface area contributed by atoms with Gasteiger partial charge in [0.2, 0.25) is 5.91 Å². The number of nitrogens with zero attached hydrogens (tertiary/aromatic N) is 1. The molecule has 0 bridgehead atoms. The minimum atomic E-state index is -0.608. The topological polar surface area (TPSA) is 83.6 Å². The van der Waals surface area contributed by atoms with Crippen molar-refractivity contribution >= 4 is 46.0 Å². The van der Waals surface area contributed by atoms with Gasteiger partial charge in [-0.2, -0.15) is 0 Å². The zero-order valence-electron chi connectivity index (χ0n) is 10.3. The van der Waals surface area contributed by atoms with Gasteiger partial charge in [0.1, 0.15) is 0 Å². The summed E-state index contributed by atoms with van der Waals surface area (Å²) < 4.78 is 0. The number of carbonyl (C=O) groups excluding carboxylic acids is 4. The lowest BCUT2D eigenvalue weighted by Crippen LogP contribution is -2.31. The Kier molecular flexibility index (Phi) is 2.72. The van der Waals surface area contributed by atoms with E-state index < -0.39 is 23.0 Å². The summed E-state index contributed by atoms with van der Waals surface area (Å²) >= 11 is 0.673. The summed E-state index contributed by atoms with van der Waals surface area (Å²) in [7, 11) is 0. The summed E-state index contributed by atoms with van der Waals surface area (Å²) in [6.45, 7) is 1.27. The van der Waals surface area contributed by atoms with E-state index in [1.54, 1.807) is 24.3 Å². The second-order valence-corrected chi connectivity index (χ2v) is 5.21. The Hall–Kier alpha value is -2.41. The van der Waals surface area contributed by atoms with Crippen LogP contribution in [0.25, 0.3) is 5.57 Å². The van der Waals surface area contributed by atoms with Crippen molar-refractivity contribution in [3.63, 3.8) is 0 Å². The van der Waals surface area contributed by atoms with Gasteiger partial charge in [0.15, 0.2) is 0 Å². The van der Waals surface area contributed by atoms with E-state index in [0.717, 1.165) is 4.90 Å². The van der Waals surface area contributed by atoms with Crippen molar-refractivity contribution in [2.75, 3.05) is 4.90 Å². The van der Waals surface area contributed by atoms with Gasteiger partial charge >= 0.3 is 0 Å². The summed E-state index contributed by atoms with van der Waals surface area (Å²) in [6.07, 6.45) is 0. The van der Waals surface area contributed by atoms with Crippen LogP contribution in [-0.2, 0) is 14.4 Å². The van der Waals surface area contributed by atoms with Crippen LogP contribution in [0.5, 0.6) is 0 Å². The predicted octanol–water partition coefficient (Wildman–Crippen LogP) is 1.27. The fraction of sp³-hybridized carbons (Fsp3) is 0.0769. The molecule has 0 aliphatic carbocycles. The molecule has 6 nitrogen and oxygen atoms in total. The number of amides is 4. The van der Waals surface area contributed by atoms with Gasteiger partial charge in [-0.3, -0.25) is 24.5 Å². The van der Waals surface area contributed by atoms with Crippen molar-refractivity contribution in [2.45, 2.75) is 6.92 Å². The molecule has 1 aromatic rings. The third-order valence-electron chi connectivity index (χ3n) is 2.99. The Bertz CT molecular complexity index is 723. The van der Waals surface area contributed by atoms with Gasteiger partial charge in [-0.25, -0.2) is 4.90 Å². The van der Waals surface area contributed by atoms with Crippen LogP contribution >= 0.6 is 11.8 Å². The van der Waals surface area contributed by atoms with Crippen LogP contribution in [0, 0.1) is 0 Å². The summed E-state index contributed by atoms with van der Waals surface area (Å²) in [5.74, 6) is -1.62. The minimum absolute atomic E-state index is 0.0381. The number of nitrogens with one attached hydrogen (secondary N) is 1. The molecule has 3 rings (SSSR count). The molecule has 100 valence electrons. The SMILES string of the molecule is CC(=O)N1C(=O)C(=C2SC(=O)NC2=O)c2ccccc21. The number of imide groups is 2. The molecule has 0 radical (unpaired) electrons. The van der Waals surface area contributed by atoms with Crippen LogP contribution in [0.15, 0.2) is 29.2 Å². The van der Waals surface area contributed by atoms with Crippen molar-refractivity contribution in [3.05, 3.63) is 34.7 Å². The molecule has 0 spiro atoms. The molecule has 0 unspecified atom stereocenters. The first-order valence-electron chi connectivity index (χ1n) is 5.72. The molecule has 2 aliphatic rings. The minimum Gasteiger partial charge on any atom is -0.282 e. The molecule has 1 N–H and O–H groups in total. The van der Waals surface area contributed by atoms with Crippen molar-refractivity contribution in [3.8, 4) is 0 Å². The van der Waals surface area contributed by atoms with E-state index >= 15 is 0 Å². The molecule has 1 aromatic carbocycles. The Morgan fingerprint density at radius 3 is 2.50 bits per heavy atom. The second kappa shape index (κ2) is 4.31. The van der Waals surface area contributed by atoms with E-state index in [0.29, 0.717) is 23.0 Å². The van der Waals surface area contributed by atoms with E-state index in [-0.39, 0.29) is 10.5 Å². The van der Waals surface area contributed by atoms with Crippen LogP contribution in [0.4, 0.5) is 10.5 Å². The molecule has 20 heavy (non-hydrogen) atoms. The molecule has 4 amide bonds. The number of hydrogen-bond donors (Lipinski definition) is 1. The van der Waals surface area contributed by atoms with Gasteiger partial charge < -0.3 is 0 Å². The molecule has 2 heterocycles. The summed E-state index contributed by atoms with van der Waals surface area (Å²) in [5, 5.41) is 1.59. The third-order valence-corrected chi connectivity index (χ3v) is 3.87. The number of fused-ring (bicyclic) bond motifs is 1. The molecule has 0 atom stereocenters. The Morgan fingerprint density at radius 1 is 1.20 bits per heavy atom. The first kappa shape index (κ1) is 12.6. The van der Waals surface area contributed by atoms with Gasteiger partial charge in [-0.05, 0) is 17.8 Å². The maximum atomic E-state index is 12.4. The predicted molar refractivity (Wildman–Crippen MR) is 72.7 cm³/mol. The summed E-state index contributed by atoms with van der Waals surface area (Å²) in [6, 6.07) is 6.68. The smallest absolute Gasteiger partial charge is 0.282 e. The average Bonchev–Trinajstić information content (AvgIpc) is 2.85. The normalized spacial score (nSPS) is 21.2. The molecular formula is C13H8N2O4S. The monoisotopic (exact) mass is 288 g/mol. The maximum absolute atomic E-state index is 12.4. The number of thioether (sulfide) groups is 1. The van der Waals surface area contributed by atoms with Crippen LogP contribution < -0.4 is 10.2 Å². The van der Waals surface area contributed by atoms with Crippen molar-refractivity contribution < 1.29 is 19.2 Å². The zero-order chi connectivity index (χ0) is 14.4. The Balaban J connectivity index is 2.26. The summed E-state index contributed by atoms with van der Waals surface area (Å²) in [5.41, 5.74) is 1.02. The van der Waals surface area contributed by atoms with E-state index in [4.69, 9.17) is 0 Å². The van der Waals surface area contributed by atoms with E-state index in [2.05, 4.69) is 5.32 Å². The van der Waals surface area contributed by atoms with Crippen LogP contribution in [-0.4, -0.2) is 23.0 Å². The fourth-order valence-electron chi connectivity index (χ4n) is 2.23. The standard InChI is InChI=1S/C13H8N2O4S/c1-6(16)15-8-5-3-2-4-7(8)9(12(15)18)10-11(17)14-13(19)20-10/h2-5H,1H3,(H,14,17,19). The molecule has 0 saturated carbocycles. The molecule has 0 aromatic heterocycles. The largest absolute Gasteiger partial charge is 0.290 e. The van der Waals surface area contributed by atoms with Crippen LogP contribution in [0.2, 0.25) is 0 Å². The van der Waals surface area contributed by atoms with Gasteiger partial charge in [0.25, 0.3) is 17.1 Å². The quantitative estimate of drug-likeness (QED) is 0.727. The highest BCUT2D eigenvalue weighted by Crippen LogP contribution is 2.42. The highest BCUT2D eigenvalue weighted by Gasteiger charge is 2.41. The fourth-order valence-corrected chi connectivity index (χ4v) is 3.00. The summed E-state index contributed by atoms with van der Waals surface area (Å²) in [4.78, 5) is 48.1. The van der Waals surface area contributed by atoms with Crippen molar-refractivity contribution in [2.24, 2.45) is 0 Å². The number of benzene rings is 1. The first-order valence-corrected chi connectivity index (χ1v) is 6.54. The van der Waals surface area contributed by atoms with E-state index in [1.165, 1.54) is 6.92 Å². The lowest BCUT2D eigenvalue weighted by Gasteiger charge is -2.11. The highest BCUT2D eigenvalue weighted by atomic mass is 32.2. The zero-order valence-corrected chi connectivity index (χ0v) is 11.1. The number of rotatable bonds is 0. The van der Waals surface area contributed by atoms with Crippen molar-refractivity contribution in [1.82, 2.24) is 5.32 Å². The molecule has 1 saturated heterocycles. The Morgan fingerprint density at radius 2 is 1.90 bits per heavy atom. The number of carbonyl (C=O) groups is 4. The maximum Gasteiger partial charge on any atom is 0.290 e. The molecule has 2 aliphatic heterocycles.